The van der Waals surface area contributed by atoms with Gasteiger partial charge in [-0.2, -0.15) is 0 Å². The second-order valence-electron chi connectivity index (χ2n) is 13.5. The highest BCUT2D eigenvalue weighted by molar-refractivity contribution is 7.65. The first-order chi connectivity index (χ1) is 20.1. The van der Waals surface area contributed by atoms with E-state index in [-0.39, 0.29) is 0 Å². The number of rotatable bonds is 24. The molecule has 6 nitrogen and oxygen atoms in total. The molecule has 1 saturated heterocycles. The predicted molar refractivity (Wildman–Crippen MR) is 191 cm³/mol. The molecule has 1 rings (SSSR count). The summed E-state index contributed by atoms with van der Waals surface area (Å²) in [4.78, 5) is 2.51. The predicted octanol–water partition coefficient (Wildman–Crippen LogP) is 9.07. The Kier molecular flexibility index (Phi) is 21.4. The Morgan fingerprint density at radius 2 is 0.881 bits per heavy atom. The van der Waals surface area contributed by atoms with Gasteiger partial charge in [0.2, 0.25) is 0 Å². The van der Waals surface area contributed by atoms with Crippen molar-refractivity contribution < 1.29 is 13.7 Å². The molecule has 0 bridgehead atoms. The molecule has 0 radical (unpaired) electrons. The molecule has 1 fully saturated rings. The molecule has 0 amide bonds. The van der Waals surface area contributed by atoms with Gasteiger partial charge < -0.3 is 24.3 Å². The second-order valence-corrected chi connectivity index (χ2v) is 23.5. The summed E-state index contributed by atoms with van der Waals surface area (Å²) in [6, 6.07) is 0. The van der Waals surface area contributed by atoms with E-state index in [1.807, 2.05) is 0 Å². The van der Waals surface area contributed by atoms with Crippen LogP contribution in [0, 0.1) is 0 Å². The van der Waals surface area contributed by atoms with Gasteiger partial charge in [0.1, 0.15) is 7.14 Å². The van der Waals surface area contributed by atoms with E-state index in [0.717, 1.165) is 140 Å². The summed E-state index contributed by atoms with van der Waals surface area (Å²) >= 11 is 0. The highest BCUT2D eigenvalue weighted by Gasteiger charge is 2.47. The first-order valence-electron chi connectivity index (χ1n) is 18.0. The molecule has 0 spiro atoms. The van der Waals surface area contributed by atoms with E-state index in [0.29, 0.717) is 25.2 Å². The fourth-order valence-corrected chi connectivity index (χ4v) is 17.8. The zero-order valence-electron chi connectivity index (χ0n) is 28.9. The minimum Gasteiger partial charge on any atom is -0.323 e. The Morgan fingerprint density at radius 1 is 0.524 bits per heavy atom. The maximum Gasteiger partial charge on any atom is 0.101 e. The summed E-state index contributed by atoms with van der Waals surface area (Å²) in [5.74, 6) is 0. The molecule has 0 aliphatic carbocycles. The molecule has 0 aromatic heterocycles. The van der Waals surface area contributed by atoms with E-state index >= 15 is 9.13 Å². The van der Waals surface area contributed by atoms with E-state index in [2.05, 4.69) is 57.1 Å². The summed E-state index contributed by atoms with van der Waals surface area (Å²) in [5.41, 5.74) is -0.492. The van der Waals surface area contributed by atoms with Crippen LogP contribution >= 0.6 is 21.4 Å². The summed E-state index contributed by atoms with van der Waals surface area (Å²) in [6.45, 7) is 17.2. The van der Waals surface area contributed by atoms with Gasteiger partial charge in [-0.1, -0.05) is 80.1 Å². The number of nitrogens with one attached hydrogen (secondary N) is 2. The molecule has 1 heterocycles. The van der Waals surface area contributed by atoms with Crippen LogP contribution in [0.3, 0.4) is 0 Å². The summed E-state index contributed by atoms with van der Waals surface area (Å²) in [5, 5.41) is 7.35. The highest BCUT2D eigenvalue weighted by atomic mass is 31.2. The fourth-order valence-electron chi connectivity index (χ4n) is 6.62. The van der Waals surface area contributed by atoms with Crippen molar-refractivity contribution >= 4 is 21.4 Å². The molecule has 252 valence electrons. The Labute approximate surface area is 262 Å². The van der Waals surface area contributed by atoms with Crippen molar-refractivity contribution in [2.24, 2.45) is 0 Å². The lowest BCUT2D eigenvalue weighted by molar-refractivity contribution is 0.151. The van der Waals surface area contributed by atoms with Crippen molar-refractivity contribution in [1.82, 2.24) is 15.5 Å². The Balaban J connectivity index is 3.80. The SMILES string of the molecule is CCCCP(=O)(CCCC)CN1CCNCCNCC1(CP(=O)(CCCC)CCCC)CP(=O)(CCCC)CCCC. The fraction of sp³-hybridized carbons (Fsp3) is 1.00. The van der Waals surface area contributed by atoms with E-state index in [1.54, 1.807) is 0 Å². The zero-order valence-corrected chi connectivity index (χ0v) is 31.6. The minimum atomic E-state index is -2.53. The van der Waals surface area contributed by atoms with Crippen molar-refractivity contribution in [2.75, 3.05) is 88.3 Å². The van der Waals surface area contributed by atoms with Gasteiger partial charge >= 0.3 is 0 Å². The quantitative estimate of drug-likeness (QED) is 0.101. The largest absolute Gasteiger partial charge is 0.323 e. The van der Waals surface area contributed by atoms with E-state index in [4.69, 9.17) is 0 Å². The van der Waals surface area contributed by atoms with Gasteiger partial charge in [0.05, 0.1) is 20.6 Å². The lowest BCUT2D eigenvalue weighted by Gasteiger charge is -2.48. The van der Waals surface area contributed by atoms with Crippen LogP contribution in [0.1, 0.15) is 119 Å². The topological polar surface area (TPSA) is 78.5 Å². The summed E-state index contributed by atoms with van der Waals surface area (Å²) < 4.78 is 44.8. The van der Waals surface area contributed by atoms with E-state index < -0.39 is 27.0 Å². The Bertz CT molecular complexity index is 767. The van der Waals surface area contributed by atoms with Crippen molar-refractivity contribution in [3.8, 4) is 0 Å². The van der Waals surface area contributed by atoms with Crippen LogP contribution in [0.4, 0.5) is 0 Å². The lowest BCUT2D eigenvalue weighted by Crippen LogP contribution is -2.61. The van der Waals surface area contributed by atoms with E-state index in [9.17, 15) is 4.57 Å². The smallest absolute Gasteiger partial charge is 0.101 e. The van der Waals surface area contributed by atoms with Gasteiger partial charge in [-0.05, 0) is 38.5 Å². The van der Waals surface area contributed by atoms with Gasteiger partial charge in [0.25, 0.3) is 0 Å². The second kappa shape index (κ2) is 22.2. The molecule has 0 aromatic carbocycles. The Hall–Kier alpha value is 0.570. The Morgan fingerprint density at radius 3 is 1.26 bits per heavy atom. The molecular weight excluding hydrogens is 579 g/mol. The van der Waals surface area contributed by atoms with Crippen LogP contribution in [0.25, 0.3) is 0 Å². The molecule has 1 aliphatic heterocycles. The van der Waals surface area contributed by atoms with Crippen molar-refractivity contribution in [3.63, 3.8) is 0 Å². The molecule has 9 heteroatoms. The first kappa shape index (κ1) is 40.6. The number of unbranched alkanes of at least 4 members (excludes halogenated alkanes) is 6. The van der Waals surface area contributed by atoms with Crippen LogP contribution in [-0.4, -0.2) is 98.7 Å². The van der Waals surface area contributed by atoms with Crippen molar-refractivity contribution in [1.29, 1.82) is 0 Å². The molecule has 0 unspecified atom stereocenters. The molecule has 2 N–H and O–H groups in total. The molecule has 42 heavy (non-hydrogen) atoms. The highest BCUT2D eigenvalue weighted by Crippen LogP contribution is 2.58. The average Bonchev–Trinajstić information content (AvgIpc) is 3.06. The van der Waals surface area contributed by atoms with E-state index in [1.165, 1.54) is 0 Å². The van der Waals surface area contributed by atoms with Gasteiger partial charge in [0.15, 0.2) is 0 Å². The number of hydrogen-bond acceptors (Lipinski definition) is 6. The monoisotopic (exact) mass is 651 g/mol. The van der Waals surface area contributed by atoms with Gasteiger partial charge in [-0.3, -0.25) is 4.90 Å². The molecule has 0 atom stereocenters. The normalized spacial score (nSPS) is 17.6. The molecule has 0 saturated carbocycles. The lowest BCUT2D eigenvalue weighted by atomic mass is 10.0. The van der Waals surface area contributed by atoms with Gasteiger partial charge in [-0.15, -0.1) is 0 Å². The maximum absolute atomic E-state index is 15.0. The van der Waals surface area contributed by atoms with Crippen molar-refractivity contribution in [2.45, 2.75) is 124 Å². The maximum atomic E-state index is 15.0. The zero-order chi connectivity index (χ0) is 31.4. The third-order valence-corrected chi connectivity index (χ3v) is 19.2. The van der Waals surface area contributed by atoms with Crippen LogP contribution in [0.2, 0.25) is 0 Å². The molecule has 0 aromatic rings. The van der Waals surface area contributed by atoms with Crippen LogP contribution in [0.5, 0.6) is 0 Å². The van der Waals surface area contributed by atoms with Crippen LogP contribution in [-0.2, 0) is 13.7 Å². The van der Waals surface area contributed by atoms with Crippen LogP contribution < -0.4 is 10.6 Å². The number of nitrogens with zero attached hydrogens (tertiary/aromatic N) is 1. The standard InChI is InChI=1S/C33H72N3O3P3/c1-7-13-23-40(37,24-14-8-2)30-33(31-41(38,25-15-9-3)26-16-10-4)29-35-20-19-34-21-22-36(33)32-42(39,27-17-11-5)28-18-12-6/h34-35H,7-32H2,1-6H3. The third kappa shape index (κ3) is 15.2. The average molecular weight is 652 g/mol. The molecular formula is C33H72N3O3P3. The van der Waals surface area contributed by atoms with Crippen LogP contribution in [0.15, 0.2) is 0 Å². The number of hydrogen-bond donors (Lipinski definition) is 2. The first-order valence-corrected chi connectivity index (χ1v) is 24.8. The summed E-state index contributed by atoms with van der Waals surface area (Å²) in [6.07, 6.45) is 18.8. The molecule has 1 aliphatic rings. The summed E-state index contributed by atoms with van der Waals surface area (Å²) in [7, 11) is -7.53. The van der Waals surface area contributed by atoms with Gasteiger partial charge in [-0.25, -0.2) is 0 Å². The van der Waals surface area contributed by atoms with Crippen molar-refractivity contribution in [3.05, 3.63) is 0 Å². The minimum absolute atomic E-state index is 0.492. The van der Waals surface area contributed by atoms with Gasteiger partial charge in [0, 0.05) is 87.6 Å². The third-order valence-electron chi connectivity index (χ3n) is 9.27.